The summed E-state index contributed by atoms with van der Waals surface area (Å²) in [5.41, 5.74) is 27.2. The Labute approximate surface area is 896 Å². The van der Waals surface area contributed by atoms with Crippen LogP contribution in [-0.2, 0) is 21.7 Å². The van der Waals surface area contributed by atoms with E-state index in [-0.39, 0.29) is 21.7 Å². The van der Waals surface area contributed by atoms with Crippen LogP contribution in [-0.4, -0.2) is 129 Å². The first-order chi connectivity index (χ1) is 69.8. The molecule has 0 amide bonds. The first-order valence-electron chi connectivity index (χ1n) is 49.6. The minimum Gasteiger partial charge on any atom is -0.507 e. The van der Waals surface area contributed by atoms with E-state index in [0.717, 1.165) is 109 Å². The monoisotopic (exact) mass is 2110 g/mol. The van der Waals surface area contributed by atoms with E-state index in [4.69, 9.17) is 0 Å². The standard InChI is InChI=1S/C23H32NOP.2C20H26NOP.C17H20NOP.2C16H18NOP.C15H16NOP/c1-15-9-10-19(16(11-15)14-24-8)26-20-13-17(22(2,3)4)12-18(21(20)25)23(5,6)7;1-13-7-8-17(15(9-13)12-21-6)23-18-11-16(20(3,4)5)10-14(2)19(18)22;1-13-7-8-17(15(9-13)12-21-6)23-18-11-14(2)10-16(19(18)22)20(3,4)5;1-11-5-6-15(14(8-11)10-18-4)20-16-9-12(2)7-13(3)17(16)19;1-11-5-7-15(13(8-11)10-17-3)19-16-9-12(2)4-6-14(16)18;1-11-7-8-14(13(9-11)10-17-3)19-15-6-4-5-12(2)16(15)18;1-11-7-8-14(12(9-11)10-16-2)18-15-6-4-3-5-13(15)17/h9-14,25-26H,1-8H3;2*7-12,22-23H,1-6H3;5-10,19-20H,1-4H3;2*4-10,18-19H,1-3H3;3-10,17-18H,1-2H3. The summed E-state index contributed by atoms with van der Waals surface area (Å²) >= 11 is 0. The molecule has 0 spiro atoms. The van der Waals surface area contributed by atoms with Crippen LogP contribution in [0.3, 0.4) is 0 Å². The number of nitrogens with zero attached hydrogens (tertiary/aromatic N) is 7. The quantitative estimate of drug-likeness (QED) is 0.0272. The molecule has 14 aromatic rings. The van der Waals surface area contributed by atoms with Gasteiger partial charge in [0, 0.05) is 180 Å². The smallest absolute Gasteiger partial charge is 0.127 e. The maximum Gasteiger partial charge on any atom is 0.127 e. The molecule has 0 aliphatic heterocycles. The number of para-hydroxylation sites is 2. The zero-order valence-electron chi connectivity index (χ0n) is 92.8. The van der Waals surface area contributed by atoms with Gasteiger partial charge in [0.2, 0.25) is 0 Å². The normalized spacial score (nSPS) is 12.3. The number of aryl methyl sites for hydroxylation is 13. The summed E-state index contributed by atoms with van der Waals surface area (Å²) in [5.74, 6) is 2.82. The van der Waals surface area contributed by atoms with E-state index in [1.165, 1.54) is 98.3 Å². The third kappa shape index (κ3) is 36.9. The summed E-state index contributed by atoms with van der Waals surface area (Å²) in [5, 5.41) is 87.8. The second kappa shape index (κ2) is 56.8. The van der Waals surface area contributed by atoms with E-state index < -0.39 is 0 Å². The number of hydrogen-bond donors (Lipinski definition) is 7. The Morgan fingerprint density at radius 2 is 0.419 bits per heavy atom. The summed E-state index contributed by atoms with van der Waals surface area (Å²) in [4.78, 5) is 29.0. The lowest BCUT2D eigenvalue weighted by atomic mass is 9.80. The van der Waals surface area contributed by atoms with Crippen molar-refractivity contribution in [1.82, 2.24) is 0 Å². The predicted octanol–water partition coefficient (Wildman–Crippen LogP) is 23.7. The van der Waals surface area contributed by atoms with Gasteiger partial charge in [0.05, 0.1) is 0 Å². The second-order valence-electron chi connectivity index (χ2n) is 41.5. The molecule has 0 aromatic heterocycles. The van der Waals surface area contributed by atoms with Gasteiger partial charge in [-0.25, -0.2) is 0 Å². The average molecular weight is 2110 g/mol. The minimum absolute atomic E-state index is 0.0356. The van der Waals surface area contributed by atoms with Crippen LogP contribution in [0.4, 0.5) is 0 Å². The highest BCUT2D eigenvalue weighted by Gasteiger charge is 2.28. The van der Waals surface area contributed by atoms with Gasteiger partial charge >= 0.3 is 0 Å². The molecule has 0 heterocycles. The second-order valence-corrected chi connectivity index (χ2v) is 50.8. The highest BCUT2D eigenvalue weighted by molar-refractivity contribution is 7.58. The van der Waals surface area contributed by atoms with Crippen molar-refractivity contribution >= 4 is 178 Å². The highest BCUT2D eigenvalue weighted by Crippen LogP contribution is 2.39. The SMILES string of the molecule is CN=Cc1cc(C)ccc1Pc1cc(C(C)(C)C)cc(C(C)(C)C)c1O.CN=Cc1cc(C)ccc1Pc1cc(C(C)(C)C)cc(C)c1O.CN=Cc1cc(C)ccc1Pc1cc(C)cc(C(C)(C)C)c1O.CN=Cc1cc(C)ccc1Pc1cc(C)cc(C)c1O.CN=Cc1cc(C)ccc1Pc1cc(C)ccc1O.CN=Cc1cc(C)ccc1Pc1cccc(C)c1O.CN=Cc1cc(C)ccc1Pc1ccccc1O. The third-order valence-corrected chi connectivity index (χ3v) is 33.7. The zero-order chi connectivity index (χ0) is 109. The van der Waals surface area contributed by atoms with Crippen molar-refractivity contribution < 1.29 is 35.7 Å². The zero-order valence-corrected chi connectivity index (χ0v) is 99.8. The fourth-order valence-electron chi connectivity index (χ4n) is 15.9. The van der Waals surface area contributed by atoms with Crippen LogP contribution in [0.2, 0.25) is 0 Å². The number of rotatable bonds is 21. The molecule has 148 heavy (non-hydrogen) atoms. The van der Waals surface area contributed by atoms with Gasteiger partial charge in [0.15, 0.2) is 0 Å². The molecule has 0 fully saturated rings. The molecular weight excluding hydrogens is 1950 g/mol. The van der Waals surface area contributed by atoms with Gasteiger partial charge in [-0.15, -0.1) is 0 Å². The molecule has 0 aliphatic rings. The fourth-order valence-corrected chi connectivity index (χ4v) is 24.7. The average Bonchev–Trinajstić information content (AvgIpc) is 0.779. The van der Waals surface area contributed by atoms with E-state index in [0.29, 0.717) is 100 Å². The minimum atomic E-state index is -0.106. The van der Waals surface area contributed by atoms with Crippen molar-refractivity contribution in [3.63, 3.8) is 0 Å². The topological polar surface area (TPSA) is 228 Å². The largest absolute Gasteiger partial charge is 0.507 e. The first-order valence-corrected chi connectivity index (χ1v) is 56.6. The Morgan fingerprint density at radius 1 is 0.182 bits per heavy atom. The van der Waals surface area contributed by atoms with E-state index in [1.54, 1.807) is 61.5 Å². The molecule has 0 saturated heterocycles. The summed E-state index contributed by atoms with van der Waals surface area (Å²) < 4.78 is 0. The maximum atomic E-state index is 11.0. The van der Waals surface area contributed by atoms with Gasteiger partial charge in [-0.2, -0.15) is 0 Å². The van der Waals surface area contributed by atoms with Crippen molar-refractivity contribution in [3.05, 3.63) is 370 Å². The van der Waals surface area contributed by atoms with Crippen LogP contribution in [0.1, 0.15) is 217 Å². The van der Waals surface area contributed by atoms with Crippen molar-refractivity contribution in [2.45, 2.75) is 195 Å². The highest BCUT2D eigenvalue weighted by atomic mass is 31.1. The van der Waals surface area contributed by atoms with Crippen LogP contribution in [0, 0.1) is 90.0 Å². The van der Waals surface area contributed by atoms with E-state index in [2.05, 4.69) is 350 Å². The molecule has 14 rings (SSSR count). The molecule has 7 unspecified atom stereocenters. The third-order valence-electron chi connectivity index (χ3n) is 24.0. The lowest BCUT2D eigenvalue weighted by molar-refractivity contribution is 0.448. The number of aliphatic imine (C=N–C) groups is 7. The number of aromatic hydroxyl groups is 7. The van der Waals surface area contributed by atoms with Gasteiger partial charge in [0.25, 0.3) is 0 Å². The molecule has 21 heteroatoms. The maximum absolute atomic E-state index is 11.0. The molecule has 7 atom stereocenters. The summed E-state index contributed by atoms with van der Waals surface area (Å²) in [6.45, 7) is 52.7. The predicted molar refractivity (Wildman–Crippen MR) is 666 cm³/mol. The summed E-state index contributed by atoms with van der Waals surface area (Å²) in [6.07, 6.45) is 13.2. The fraction of sp³-hybridized carbons (Fsp3) is 0.283. The summed E-state index contributed by atoms with van der Waals surface area (Å²) in [7, 11) is 15.4. The van der Waals surface area contributed by atoms with E-state index in [9.17, 15) is 35.7 Å². The Kier molecular flexibility index (Phi) is 46.7. The van der Waals surface area contributed by atoms with Crippen LogP contribution in [0.25, 0.3) is 0 Å². The number of hydrogen-bond acceptors (Lipinski definition) is 14. The summed E-state index contributed by atoms with van der Waals surface area (Å²) in [6, 6.07) is 80.6. The van der Waals surface area contributed by atoms with Crippen molar-refractivity contribution in [2.24, 2.45) is 34.9 Å². The van der Waals surface area contributed by atoms with Gasteiger partial charge in [-0.05, 0) is 273 Å². The molecule has 14 nitrogen and oxygen atoms in total. The van der Waals surface area contributed by atoms with Gasteiger partial charge in [-0.1, -0.05) is 339 Å². The molecule has 0 aliphatic carbocycles. The number of phenols is 7. The van der Waals surface area contributed by atoms with Crippen LogP contribution >= 0.6 is 60.1 Å². The Bertz CT molecular complexity index is 7030. The van der Waals surface area contributed by atoms with E-state index in [1.807, 2.05) is 126 Å². The van der Waals surface area contributed by atoms with E-state index >= 15 is 0 Å². The van der Waals surface area contributed by atoms with Crippen LogP contribution in [0.5, 0.6) is 40.2 Å². The van der Waals surface area contributed by atoms with Gasteiger partial charge < -0.3 is 35.7 Å². The lowest BCUT2D eigenvalue weighted by Crippen LogP contribution is -2.21. The Balaban J connectivity index is 0.000000211. The molecule has 0 bridgehead atoms. The molecule has 7 N–H and O–H groups in total. The van der Waals surface area contributed by atoms with Crippen molar-refractivity contribution in [2.75, 3.05) is 49.3 Å². The van der Waals surface area contributed by atoms with Crippen LogP contribution < -0.4 is 74.3 Å². The lowest BCUT2D eigenvalue weighted by Gasteiger charge is -2.27. The van der Waals surface area contributed by atoms with Gasteiger partial charge in [-0.3, -0.25) is 34.9 Å². The Hall–Kier alpha value is -11.6. The molecule has 0 saturated carbocycles. The van der Waals surface area contributed by atoms with Crippen molar-refractivity contribution in [3.8, 4) is 40.2 Å². The van der Waals surface area contributed by atoms with Gasteiger partial charge in [0.1, 0.15) is 40.2 Å². The van der Waals surface area contributed by atoms with Crippen LogP contribution in [0.15, 0.2) is 272 Å². The number of benzene rings is 14. The Morgan fingerprint density at radius 3 is 0.743 bits per heavy atom. The molecule has 0 radical (unpaired) electrons. The molecule has 14 aromatic carbocycles. The first kappa shape index (κ1) is 122. The van der Waals surface area contributed by atoms with Crippen molar-refractivity contribution in [1.29, 1.82) is 0 Å². The molecular formula is C127H156N7O7P7. The number of phenolic OH excluding ortho intramolecular Hbond substituents is 7. The molecule has 776 valence electrons.